The Kier molecular flexibility index (Phi) is 8.22. The molecule has 0 aliphatic carbocycles. The highest BCUT2D eigenvalue weighted by molar-refractivity contribution is 5.82. The summed E-state index contributed by atoms with van der Waals surface area (Å²) < 4.78 is 0. The summed E-state index contributed by atoms with van der Waals surface area (Å²) in [6, 6.07) is -1.23. The average molecular weight is 287 g/mol. The monoisotopic (exact) mass is 287 g/mol. The minimum absolute atomic E-state index is 0.0665. The maximum Gasteiger partial charge on any atom is 0.326 e. The number of urea groups is 1. The first-order valence-electron chi connectivity index (χ1n) is 7.10. The molecule has 1 atom stereocenters. The molecule has 0 saturated carbocycles. The van der Waals surface area contributed by atoms with E-state index in [-0.39, 0.29) is 5.41 Å². The zero-order chi connectivity index (χ0) is 15.8. The number of amides is 2. The third kappa shape index (κ3) is 8.74. The Bertz CT molecular complexity index is 317. The molecule has 0 bridgehead atoms. The van der Waals surface area contributed by atoms with E-state index in [1.807, 2.05) is 21.0 Å². The van der Waals surface area contributed by atoms with Gasteiger partial charge in [-0.2, -0.15) is 0 Å². The van der Waals surface area contributed by atoms with Crippen LogP contribution in [0.25, 0.3) is 0 Å². The van der Waals surface area contributed by atoms with Gasteiger partial charge in [0.15, 0.2) is 0 Å². The molecule has 0 fully saturated rings. The lowest BCUT2D eigenvalue weighted by molar-refractivity contribution is -0.139. The van der Waals surface area contributed by atoms with Crippen LogP contribution in [0, 0.1) is 5.41 Å². The molecule has 0 heterocycles. The van der Waals surface area contributed by atoms with Crippen molar-refractivity contribution in [1.82, 2.24) is 15.5 Å². The molecule has 2 amide bonds. The second kappa shape index (κ2) is 8.79. The highest BCUT2D eigenvalue weighted by Crippen LogP contribution is 2.13. The predicted molar refractivity (Wildman–Crippen MR) is 79.8 cm³/mol. The van der Waals surface area contributed by atoms with Crippen molar-refractivity contribution in [3.8, 4) is 0 Å². The highest BCUT2D eigenvalue weighted by Gasteiger charge is 2.22. The number of carboxylic acids is 1. The van der Waals surface area contributed by atoms with Gasteiger partial charge >= 0.3 is 12.0 Å². The number of carbonyl (C=O) groups excluding carboxylic acids is 1. The van der Waals surface area contributed by atoms with Crippen LogP contribution in [0.2, 0.25) is 0 Å². The van der Waals surface area contributed by atoms with Gasteiger partial charge in [-0.1, -0.05) is 33.6 Å². The molecule has 6 heteroatoms. The smallest absolute Gasteiger partial charge is 0.326 e. The molecule has 0 rings (SSSR count). The van der Waals surface area contributed by atoms with E-state index in [2.05, 4.69) is 29.4 Å². The third-order valence-electron chi connectivity index (χ3n) is 2.92. The quantitative estimate of drug-likeness (QED) is 0.600. The maximum atomic E-state index is 11.8. The van der Waals surface area contributed by atoms with Crippen LogP contribution in [0.4, 0.5) is 4.79 Å². The van der Waals surface area contributed by atoms with Crippen molar-refractivity contribution in [2.24, 2.45) is 5.41 Å². The number of carbonyl (C=O) groups is 2. The summed E-state index contributed by atoms with van der Waals surface area (Å²) in [6.07, 6.45) is 2.15. The van der Waals surface area contributed by atoms with Crippen LogP contribution in [-0.2, 0) is 4.79 Å². The number of rotatable bonds is 9. The Hall–Kier alpha value is -1.30. The summed E-state index contributed by atoms with van der Waals surface area (Å²) >= 11 is 0. The molecule has 0 aromatic heterocycles. The normalized spacial score (nSPS) is 13.1. The highest BCUT2D eigenvalue weighted by atomic mass is 16.4. The summed E-state index contributed by atoms with van der Waals surface area (Å²) in [7, 11) is 3.96. The SMILES string of the molecule is CCCC[C@H](NC(=O)NCC(C)(C)CN(C)C)C(=O)O. The van der Waals surface area contributed by atoms with Gasteiger partial charge in [-0.05, 0) is 25.9 Å². The second-order valence-electron chi connectivity index (χ2n) is 6.26. The fraction of sp³-hybridized carbons (Fsp3) is 0.857. The third-order valence-corrected chi connectivity index (χ3v) is 2.92. The zero-order valence-corrected chi connectivity index (χ0v) is 13.3. The lowest BCUT2D eigenvalue weighted by atomic mass is 9.93. The summed E-state index contributed by atoms with van der Waals surface area (Å²) in [6.45, 7) is 7.43. The van der Waals surface area contributed by atoms with Crippen molar-refractivity contribution < 1.29 is 14.7 Å². The Morgan fingerprint density at radius 2 is 1.90 bits per heavy atom. The largest absolute Gasteiger partial charge is 0.480 e. The molecule has 0 aliphatic heterocycles. The number of hydrogen-bond acceptors (Lipinski definition) is 3. The molecule has 118 valence electrons. The van der Waals surface area contributed by atoms with Crippen LogP contribution in [-0.4, -0.2) is 55.2 Å². The summed E-state index contributed by atoms with van der Waals surface area (Å²) in [5.41, 5.74) is -0.0665. The van der Waals surface area contributed by atoms with Gasteiger partial charge in [-0.25, -0.2) is 9.59 Å². The topological polar surface area (TPSA) is 81.7 Å². The lowest BCUT2D eigenvalue weighted by Gasteiger charge is -2.28. The molecule has 0 aliphatic rings. The Labute approximate surface area is 121 Å². The summed E-state index contributed by atoms with van der Waals surface area (Å²) in [4.78, 5) is 24.8. The number of unbranched alkanes of at least 4 members (excludes halogenated alkanes) is 1. The van der Waals surface area contributed by atoms with Gasteiger partial charge in [0.1, 0.15) is 6.04 Å². The Balaban J connectivity index is 4.22. The van der Waals surface area contributed by atoms with E-state index in [1.54, 1.807) is 0 Å². The number of aliphatic carboxylic acids is 1. The first-order valence-corrected chi connectivity index (χ1v) is 7.10. The van der Waals surface area contributed by atoms with Gasteiger partial charge in [0.25, 0.3) is 0 Å². The van der Waals surface area contributed by atoms with Crippen LogP contribution in [0.15, 0.2) is 0 Å². The van der Waals surface area contributed by atoms with E-state index in [9.17, 15) is 9.59 Å². The fourth-order valence-corrected chi connectivity index (χ4v) is 2.11. The Morgan fingerprint density at radius 3 is 2.35 bits per heavy atom. The molecule has 3 N–H and O–H groups in total. The maximum absolute atomic E-state index is 11.8. The summed E-state index contributed by atoms with van der Waals surface area (Å²) in [5.74, 6) is -0.985. The van der Waals surface area contributed by atoms with Gasteiger partial charge in [-0.3, -0.25) is 0 Å². The summed E-state index contributed by atoms with van der Waals surface area (Å²) in [5, 5.41) is 14.3. The first-order chi connectivity index (χ1) is 9.18. The van der Waals surface area contributed by atoms with Crippen molar-refractivity contribution in [1.29, 1.82) is 0 Å². The number of nitrogens with one attached hydrogen (secondary N) is 2. The van der Waals surface area contributed by atoms with Crippen molar-refractivity contribution in [2.75, 3.05) is 27.2 Å². The van der Waals surface area contributed by atoms with Crippen molar-refractivity contribution in [3.63, 3.8) is 0 Å². The Morgan fingerprint density at radius 1 is 1.30 bits per heavy atom. The fourth-order valence-electron chi connectivity index (χ4n) is 2.11. The van der Waals surface area contributed by atoms with Crippen molar-refractivity contribution in [3.05, 3.63) is 0 Å². The molecule has 0 saturated heterocycles. The van der Waals surface area contributed by atoms with Crippen LogP contribution in [0.1, 0.15) is 40.0 Å². The van der Waals surface area contributed by atoms with Gasteiger partial charge < -0.3 is 20.6 Å². The van der Waals surface area contributed by atoms with Gasteiger partial charge in [-0.15, -0.1) is 0 Å². The van der Waals surface area contributed by atoms with E-state index in [0.717, 1.165) is 19.4 Å². The van der Waals surface area contributed by atoms with Crippen molar-refractivity contribution in [2.45, 2.75) is 46.1 Å². The molecule has 20 heavy (non-hydrogen) atoms. The van der Waals surface area contributed by atoms with Gasteiger partial charge in [0.2, 0.25) is 0 Å². The van der Waals surface area contributed by atoms with E-state index in [1.165, 1.54) is 0 Å². The predicted octanol–water partition coefficient (Wildman–Crippen LogP) is 1.52. The van der Waals surface area contributed by atoms with Crippen LogP contribution >= 0.6 is 0 Å². The van der Waals surface area contributed by atoms with Crippen LogP contribution < -0.4 is 10.6 Å². The lowest BCUT2D eigenvalue weighted by Crippen LogP contribution is -2.49. The molecule has 0 radical (unpaired) electrons. The molecule has 0 aromatic rings. The van der Waals surface area contributed by atoms with E-state index in [0.29, 0.717) is 13.0 Å². The van der Waals surface area contributed by atoms with Crippen LogP contribution in [0.3, 0.4) is 0 Å². The minimum Gasteiger partial charge on any atom is -0.480 e. The van der Waals surface area contributed by atoms with E-state index in [4.69, 9.17) is 5.11 Å². The number of hydrogen-bond donors (Lipinski definition) is 3. The number of carboxylic acid groups (broad SMARTS) is 1. The number of nitrogens with zero attached hydrogens (tertiary/aromatic N) is 1. The van der Waals surface area contributed by atoms with Gasteiger partial charge in [0, 0.05) is 13.1 Å². The minimum atomic E-state index is -0.985. The van der Waals surface area contributed by atoms with Gasteiger partial charge in [0.05, 0.1) is 0 Å². The first kappa shape index (κ1) is 18.7. The molecule has 0 aromatic carbocycles. The standard InChI is InChI=1S/C14H29N3O3/c1-6-7-8-11(12(18)19)16-13(20)15-9-14(2,3)10-17(4)5/h11H,6-10H2,1-5H3,(H,18,19)(H2,15,16,20)/t11-/m0/s1. The van der Waals surface area contributed by atoms with Crippen molar-refractivity contribution >= 4 is 12.0 Å². The zero-order valence-electron chi connectivity index (χ0n) is 13.3. The molecule has 0 unspecified atom stereocenters. The van der Waals surface area contributed by atoms with Crippen LogP contribution in [0.5, 0.6) is 0 Å². The second-order valence-corrected chi connectivity index (χ2v) is 6.26. The average Bonchev–Trinajstić information content (AvgIpc) is 2.30. The van der Waals surface area contributed by atoms with E-state index >= 15 is 0 Å². The molecule has 6 nitrogen and oxygen atoms in total. The molecular weight excluding hydrogens is 258 g/mol. The molecule has 0 spiro atoms. The molecular formula is C14H29N3O3. The van der Waals surface area contributed by atoms with E-state index < -0.39 is 18.0 Å².